The lowest BCUT2D eigenvalue weighted by molar-refractivity contribution is 0.0911. The molecule has 0 spiro atoms. The number of fused-ring (bicyclic) bond motifs is 1. The molecule has 1 saturated heterocycles. The van der Waals surface area contributed by atoms with Crippen LogP contribution in [-0.2, 0) is 11.3 Å². The Morgan fingerprint density at radius 2 is 2.36 bits per heavy atom. The molecular formula is C17H19N5O2S. The predicted molar refractivity (Wildman–Crippen MR) is 94.7 cm³/mol. The summed E-state index contributed by atoms with van der Waals surface area (Å²) in [4.78, 5) is 16.0. The van der Waals surface area contributed by atoms with Gasteiger partial charge in [-0.1, -0.05) is 30.0 Å². The number of Topliss-reactive ketones (excluding diaryl/α,β-unsaturated/α-hetero) is 1. The van der Waals surface area contributed by atoms with Crippen molar-refractivity contribution < 1.29 is 9.53 Å². The molecule has 0 unspecified atom stereocenters. The number of hydrogen-bond acceptors (Lipinski definition) is 6. The first-order valence-corrected chi connectivity index (χ1v) is 9.25. The van der Waals surface area contributed by atoms with Gasteiger partial charge in [-0.2, -0.15) is 0 Å². The van der Waals surface area contributed by atoms with Crippen molar-refractivity contribution in [1.29, 1.82) is 0 Å². The van der Waals surface area contributed by atoms with Crippen LogP contribution in [0.5, 0.6) is 0 Å². The maximum absolute atomic E-state index is 12.9. The summed E-state index contributed by atoms with van der Waals surface area (Å²) in [5.41, 5.74) is 1.67. The van der Waals surface area contributed by atoms with Crippen molar-refractivity contribution in [2.45, 2.75) is 42.8 Å². The van der Waals surface area contributed by atoms with E-state index in [4.69, 9.17) is 4.74 Å². The fourth-order valence-corrected chi connectivity index (χ4v) is 3.95. The summed E-state index contributed by atoms with van der Waals surface area (Å²) in [5, 5.41) is 13.2. The molecule has 25 heavy (non-hydrogen) atoms. The van der Waals surface area contributed by atoms with Gasteiger partial charge >= 0.3 is 0 Å². The minimum atomic E-state index is -0.284. The lowest BCUT2D eigenvalue weighted by Crippen LogP contribution is -2.19. The summed E-state index contributed by atoms with van der Waals surface area (Å²) in [7, 11) is 0. The molecule has 8 heteroatoms. The number of aromatic amines is 1. The van der Waals surface area contributed by atoms with E-state index in [0.29, 0.717) is 17.3 Å². The molecule has 3 heterocycles. The highest BCUT2D eigenvalue weighted by Crippen LogP contribution is 2.27. The number of carbonyl (C=O) groups excluding carboxylic acids is 1. The van der Waals surface area contributed by atoms with E-state index in [1.807, 2.05) is 31.2 Å². The Hall–Kier alpha value is -2.19. The average molecular weight is 357 g/mol. The summed E-state index contributed by atoms with van der Waals surface area (Å²) in [5.74, 6) is 0.0640. The van der Waals surface area contributed by atoms with E-state index in [1.54, 1.807) is 10.9 Å². The zero-order chi connectivity index (χ0) is 17.2. The molecule has 1 fully saturated rings. The third-order valence-corrected chi connectivity index (χ3v) is 5.48. The number of H-pyrrole nitrogens is 1. The van der Waals surface area contributed by atoms with Crippen LogP contribution < -0.4 is 0 Å². The van der Waals surface area contributed by atoms with Crippen LogP contribution in [0.4, 0.5) is 0 Å². The van der Waals surface area contributed by atoms with Gasteiger partial charge in [-0.3, -0.25) is 4.79 Å². The molecule has 0 amide bonds. The number of ketones is 1. The van der Waals surface area contributed by atoms with Crippen molar-refractivity contribution >= 4 is 28.4 Å². The van der Waals surface area contributed by atoms with Crippen LogP contribution in [0.25, 0.3) is 10.9 Å². The SMILES string of the molecule is C[C@@H](Sc1nnnn1C[C@@H]1CCCO1)C(=O)c1c[nH]c2ccccc12. The molecule has 0 bridgehead atoms. The lowest BCUT2D eigenvalue weighted by atomic mass is 10.1. The highest BCUT2D eigenvalue weighted by atomic mass is 32.2. The van der Waals surface area contributed by atoms with E-state index in [9.17, 15) is 4.79 Å². The average Bonchev–Trinajstić information content (AvgIpc) is 3.36. The number of nitrogens with one attached hydrogen (secondary N) is 1. The molecule has 0 saturated carbocycles. The number of ether oxygens (including phenoxy) is 1. The second kappa shape index (κ2) is 6.97. The fourth-order valence-electron chi connectivity index (χ4n) is 3.08. The van der Waals surface area contributed by atoms with Crippen LogP contribution in [-0.4, -0.2) is 48.9 Å². The Balaban J connectivity index is 1.49. The van der Waals surface area contributed by atoms with Crippen LogP contribution in [0, 0.1) is 0 Å². The first kappa shape index (κ1) is 16.3. The Labute approximate surface area is 149 Å². The van der Waals surface area contributed by atoms with Gasteiger partial charge in [0.2, 0.25) is 5.16 Å². The lowest BCUT2D eigenvalue weighted by Gasteiger charge is -2.12. The molecule has 3 aromatic rings. The van der Waals surface area contributed by atoms with Gasteiger partial charge in [-0.25, -0.2) is 4.68 Å². The van der Waals surface area contributed by atoms with Crippen LogP contribution in [0.2, 0.25) is 0 Å². The van der Waals surface area contributed by atoms with Gasteiger partial charge in [-0.15, -0.1) is 5.10 Å². The van der Waals surface area contributed by atoms with Gasteiger partial charge < -0.3 is 9.72 Å². The van der Waals surface area contributed by atoms with Gasteiger partial charge in [0.15, 0.2) is 5.78 Å². The number of nitrogens with zero attached hydrogens (tertiary/aromatic N) is 4. The van der Waals surface area contributed by atoms with Crippen molar-refractivity contribution in [3.05, 3.63) is 36.0 Å². The first-order chi connectivity index (χ1) is 12.2. The van der Waals surface area contributed by atoms with Crippen molar-refractivity contribution in [1.82, 2.24) is 25.2 Å². The molecule has 1 aliphatic heterocycles. The molecule has 2 aromatic heterocycles. The molecule has 0 radical (unpaired) electrons. The smallest absolute Gasteiger partial charge is 0.210 e. The molecule has 2 atom stereocenters. The van der Waals surface area contributed by atoms with Gasteiger partial charge in [0, 0.05) is 29.3 Å². The molecule has 1 N–H and O–H groups in total. The number of para-hydroxylation sites is 1. The standard InChI is InChI=1S/C17H19N5O2S/c1-11(16(23)14-9-18-15-7-3-2-6-13(14)15)25-17-19-20-21-22(17)10-12-5-4-8-24-12/h2-3,6-7,9,11-12,18H,4-5,8,10H2,1H3/t11-,12+/m1/s1. The van der Waals surface area contributed by atoms with Crippen molar-refractivity contribution in [2.75, 3.05) is 6.61 Å². The number of benzene rings is 1. The second-order valence-corrected chi connectivity index (χ2v) is 7.46. The van der Waals surface area contributed by atoms with Crippen LogP contribution >= 0.6 is 11.8 Å². The normalized spacial score (nSPS) is 18.7. The molecule has 7 nitrogen and oxygen atoms in total. The molecule has 1 aromatic carbocycles. The number of aromatic nitrogens is 5. The molecule has 0 aliphatic carbocycles. The van der Waals surface area contributed by atoms with E-state index < -0.39 is 0 Å². The van der Waals surface area contributed by atoms with E-state index in [-0.39, 0.29) is 17.1 Å². The van der Waals surface area contributed by atoms with Gasteiger partial charge in [-0.05, 0) is 36.3 Å². The Bertz CT molecular complexity index is 884. The van der Waals surface area contributed by atoms with Gasteiger partial charge in [0.1, 0.15) is 0 Å². The Morgan fingerprint density at radius 3 is 3.20 bits per heavy atom. The maximum atomic E-state index is 12.9. The zero-order valence-corrected chi connectivity index (χ0v) is 14.7. The largest absolute Gasteiger partial charge is 0.376 e. The summed E-state index contributed by atoms with van der Waals surface area (Å²) in [6, 6.07) is 7.81. The molecule has 1 aliphatic rings. The summed E-state index contributed by atoms with van der Waals surface area (Å²) in [6.45, 7) is 3.31. The maximum Gasteiger partial charge on any atom is 0.210 e. The highest BCUT2D eigenvalue weighted by Gasteiger charge is 2.24. The highest BCUT2D eigenvalue weighted by molar-refractivity contribution is 8.00. The number of carbonyl (C=O) groups is 1. The van der Waals surface area contributed by atoms with E-state index >= 15 is 0 Å². The monoisotopic (exact) mass is 357 g/mol. The van der Waals surface area contributed by atoms with Crippen molar-refractivity contribution in [3.63, 3.8) is 0 Å². The molecule has 4 rings (SSSR count). The number of rotatable bonds is 6. The van der Waals surface area contributed by atoms with Gasteiger partial charge in [0.25, 0.3) is 0 Å². The summed E-state index contributed by atoms with van der Waals surface area (Å²) >= 11 is 1.38. The van der Waals surface area contributed by atoms with E-state index in [1.165, 1.54) is 11.8 Å². The van der Waals surface area contributed by atoms with Crippen molar-refractivity contribution in [3.8, 4) is 0 Å². The third-order valence-electron chi connectivity index (χ3n) is 4.41. The third kappa shape index (κ3) is 3.32. The minimum absolute atomic E-state index is 0.0640. The molecule has 130 valence electrons. The van der Waals surface area contributed by atoms with Gasteiger partial charge in [0.05, 0.1) is 17.9 Å². The van der Waals surface area contributed by atoms with Crippen LogP contribution in [0.15, 0.2) is 35.6 Å². The van der Waals surface area contributed by atoms with Crippen molar-refractivity contribution in [2.24, 2.45) is 0 Å². The summed E-state index contributed by atoms with van der Waals surface area (Å²) < 4.78 is 7.38. The Kier molecular flexibility index (Phi) is 4.54. The number of hydrogen-bond donors (Lipinski definition) is 1. The Morgan fingerprint density at radius 1 is 1.48 bits per heavy atom. The number of thioether (sulfide) groups is 1. The zero-order valence-electron chi connectivity index (χ0n) is 13.9. The van der Waals surface area contributed by atoms with E-state index in [2.05, 4.69) is 20.5 Å². The number of tetrazole rings is 1. The first-order valence-electron chi connectivity index (χ1n) is 8.37. The predicted octanol–water partition coefficient (Wildman–Crippen LogP) is 2.70. The fraction of sp³-hybridized carbons (Fsp3) is 0.412. The van der Waals surface area contributed by atoms with Crippen LogP contribution in [0.3, 0.4) is 0 Å². The quantitative estimate of drug-likeness (QED) is 0.539. The molecular weight excluding hydrogens is 338 g/mol. The minimum Gasteiger partial charge on any atom is -0.376 e. The second-order valence-electron chi connectivity index (χ2n) is 6.15. The van der Waals surface area contributed by atoms with E-state index in [0.717, 1.165) is 30.4 Å². The van der Waals surface area contributed by atoms with Crippen LogP contribution in [0.1, 0.15) is 30.1 Å². The topological polar surface area (TPSA) is 85.7 Å². The summed E-state index contributed by atoms with van der Waals surface area (Å²) in [6.07, 6.45) is 4.03.